The van der Waals surface area contributed by atoms with Crippen molar-refractivity contribution < 1.29 is 4.79 Å². The van der Waals surface area contributed by atoms with Gasteiger partial charge in [-0.3, -0.25) is 4.79 Å². The van der Waals surface area contributed by atoms with Crippen LogP contribution in [-0.4, -0.2) is 11.6 Å². The SMILES string of the molecule is Cc1ccccc1N=C1C(=O)N(Cc2cccc3ccccc23)c2ccccc21. The third-order valence-electron chi connectivity index (χ3n) is 5.45. The number of carbonyl (C=O) groups is 1. The standard InChI is InChI=1S/C26H20N2O/c1-18-9-2-6-15-23(18)27-25-22-14-5-7-16-24(22)28(26(25)29)17-20-12-8-11-19-10-3-4-13-21(19)20/h2-16H,17H2,1H3. The summed E-state index contributed by atoms with van der Waals surface area (Å²) >= 11 is 0. The van der Waals surface area contributed by atoms with E-state index in [0.717, 1.165) is 28.1 Å². The zero-order valence-corrected chi connectivity index (χ0v) is 16.2. The van der Waals surface area contributed by atoms with E-state index in [2.05, 4.69) is 24.3 Å². The normalized spacial score (nSPS) is 14.6. The zero-order valence-electron chi connectivity index (χ0n) is 16.2. The molecule has 0 saturated carbocycles. The lowest BCUT2D eigenvalue weighted by Crippen LogP contribution is -2.29. The minimum atomic E-state index is -0.0533. The minimum absolute atomic E-state index is 0.0533. The average Bonchev–Trinajstić information content (AvgIpc) is 3.01. The summed E-state index contributed by atoms with van der Waals surface area (Å²) in [6, 6.07) is 30.3. The van der Waals surface area contributed by atoms with E-state index in [9.17, 15) is 4.79 Å². The topological polar surface area (TPSA) is 32.7 Å². The van der Waals surface area contributed by atoms with Gasteiger partial charge in [0, 0.05) is 5.56 Å². The van der Waals surface area contributed by atoms with E-state index in [1.54, 1.807) is 0 Å². The van der Waals surface area contributed by atoms with Gasteiger partial charge in [0.25, 0.3) is 5.91 Å². The predicted molar refractivity (Wildman–Crippen MR) is 119 cm³/mol. The number of carbonyl (C=O) groups excluding carboxylic acids is 1. The Morgan fingerprint density at radius 1 is 0.793 bits per heavy atom. The summed E-state index contributed by atoms with van der Waals surface area (Å²) in [7, 11) is 0. The lowest BCUT2D eigenvalue weighted by atomic mass is 10.0. The predicted octanol–water partition coefficient (Wildman–Crippen LogP) is 5.82. The van der Waals surface area contributed by atoms with Crippen LogP contribution in [-0.2, 0) is 11.3 Å². The number of hydrogen-bond acceptors (Lipinski definition) is 2. The molecule has 140 valence electrons. The highest BCUT2D eigenvalue weighted by molar-refractivity contribution is 6.54. The van der Waals surface area contributed by atoms with Crippen LogP contribution in [0.25, 0.3) is 10.8 Å². The molecular formula is C26H20N2O. The van der Waals surface area contributed by atoms with Gasteiger partial charge in [-0.25, -0.2) is 4.99 Å². The molecule has 1 aliphatic rings. The van der Waals surface area contributed by atoms with Crippen LogP contribution in [0.1, 0.15) is 16.7 Å². The largest absolute Gasteiger partial charge is 0.302 e. The Bertz CT molecular complexity index is 1270. The molecule has 0 aliphatic carbocycles. The zero-order chi connectivity index (χ0) is 19.8. The molecule has 0 N–H and O–H groups in total. The van der Waals surface area contributed by atoms with Crippen molar-refractivity contribution in [1.82, 2.24) is 0 Å². The van der Waals surface area contributed by atoms with E-state index in [4.69, 9.17) is 4.99 Å². The van der Waals surface area contributed by atoms with Gasteiger partial charge in [0.1, 0.15) is 5.71 Å². The molecule has 0 saturated heterocycles. The molecule has 3 heteroatoms. The summed E-state index contributed by atoms with van der Waals surface area (Å²) in [6.45, 7) is 2.53. The number of aliphatic imine (C=N–C) groups is 1. The second-order valence-corrected chi connectivity index (χ2v) is 7.29. The van der Waals surface area contributed by atoms with Gasteiger partial charge in [0.05, 0.1) is 17.9 Å². The van der Waals surface area contributed by atoms with Crippen molar-refractivity contribution in [2.45, 2.75) is 13.5 Å². The molecule has 4 aromatic carbocycles. The van der Waals surface area contributed by atoms with Crippen LogP contribution in [0.4, 0.5) is 11.4 Å². The smallest absolute Gasteiger partial charge is 0.277 e. The Morgan fingerprint density at radius 2 is 1.52 bits per heavy atom. The van der Waals surface area contributed by atoms with Crippen molar-refractivity contribution in [2.24, 2.45) is 4.99 Å². The Balaban J connectivity index is 1.60. The molecule has 0 radical (unpaired) electrons. The number of aryl methyl sites for hydroxylation is 1. The van der Waals surface area contributed by atoms with Gasteiger partial charge in [-0.05, 0) is 41.0 Å². The molecular weight excluding hydrogens is 356 g/mol. The average molecular weight is 376 g/mol. The monoisotopic (exact) mass is 376 g/mol. The molecule has 1 amide bonds. The van der Waals surface area contributed by atoms with E-state index in [1.807, 2.05) is 78.6 Å². The summed E-state index contributed by atoms with van der Waals surface area (Å²) in [5, 5.41) is 2.35. The van der Waals surface area contributed by atoms with E-state index in [1.165, 1.54) is 10.8 Å². The van der Waals surface area contributed by atoms with Gasteiger partial charge in [-0.2, -0.15) is 0 Å². The Kier molecular flexibility index (Phi) is 4.21. The first-order chi connectivity index (χ1) is 14.2. The van der Waals surface area contributed by atoms with Crippen molar-refractivity contribution >= 4 is 33.8 Å². The number of hydrogen-bond donors (Lipinski definition) is 0. The number of benzene rings is 4. The molecule has 5 rings (SSSR count). The Hall–Kier alpha value is -3.72. The first kappa shape index (κ1) is 17.4. The molecule has 4 aromatic rings. The van der Waals surface area contributed by atoms with E-state index < -0.39 is 0 Å². The van der Waals surface area contributed by atoms with Crippen molar-refractivity contribution in [3.8, 4) is 0 Å². The molecule has 3 nitrogen and oxygen atoms in total. The van der Waals surface area contributed by atoms with Gasteiger partial charge in [0.2, 0.25) is 0 Å². The van der Waals surface area contributed by atoms with Gasteiger partial charge < -0.3 is 4.90 Å². The number of nitrogens with zero attached hydrogens (tertiary/aromatic N) is 2. The Morgan fingerprint density at radius 3 is 2.41 bits per heavy atom. The minimum Gasteiger partial charge on any atom is -0.302 e. The highest BCUT2D eigenvalue weighted by atomic mass is 16.2. The second kappa shape index (κ2) is 7.02. The first-order valence-electron chi connectivity index (χ1n) is 9.74. The fourth-order valence-electron chi connectivity index (χ4n) is 3.94. The molecule has 0 aromatic heterocycles. The molecule has 0 unspecified atom stereocenters. The second-order valence-electron chi connectivity index (χ2n) is 7.29. The Labute approximate surface area is 169 Å². The quantitative estimate of drug-likeness (QED) is 0.444. The van der Waals surface area contributed by atoms with Crippen molar-refractivity contribution in [2.75, 3.05) is 4.90 Å². The maximum absolute atomic E-state index is 13.4. The molecule has 0 atom stereocenters. The molecule has 0 spiro atoms. The number of para-hydroxylation sites is 2. The maximum atomic E-state index is 13.4. The van der Waals surface area contributed by atoms with Crippen LogP contribution in [0, 0.1) is 6.92 Å². The van der Waals surface area contributed by atoms with Crippen LogP contribution in [0.2, 0.25) is 0 Å². The van der Waals surface area contributed by atoms with Gasteiger partial charge in [-0.15, -0.1) is 0 Å². The molecule has 0 bridgehead atoms. The van der Waals surface area contributed by atoms with Crippen LogP contribution < -0.4 is 4.90 Å². The fraction of sp³-hybridized carbons (Fsp3) is 0.0769. The van der Waals surface area contributed by atoms with Crippen molar-refractivity contribution in [3.05, 3.63) is 108 Å². The summed E-state index contributed by atoms with van der Waals surface area (Å²) in [6.07, 6.45) is 0. The number of rotatable bonds is 3. The van der Waals surface area contributed by atoms with Crippen LogP contribution >= 0.6 is 0 Å². The third-order valence-corrected chi connectivity index (χ3v) is 5.45. The van der Waals surface area contributed by atoms with Gasteiger partial charge in [-0.1, -0.05) is 78.9 Å². The fourth-order valence-corrected chi connectivity index (χ4v) is 3.94. The van der Waals surface area contributed by atoms with Crippen LogP contribution in [0.5, 0.6) is 0 Å². The summed E-state index contributed by atoms with van der Waals surface area (Å²) in [5.41, 5.74) is 5.33. The molecule has 1 aliphatic heterocycles. The highest BCUT2D eigenvalue weighted by Gasteiger charge is 2.34. The molecule has 0 fully saturated rings. The molecule has 29 heavy (non-hydrogen) atoms. The van der Waals surface area contributed by atoms with Gasteiger partial charge >= 0.3 is 0 Å². The lowest BCUT2D eigenvalue weighted by Gasteiger charge is -2.18. The van der Waals surface area contributed by atoms with E-state index in [-0.39, 0.29) is 5.91 Å². The van der Waals surface area contributed by atoms with E-state index in [0.29, 0.717) is 12.3 Å². The van der Waals surface area contributed by atoms with Gasteiger partial charge in [0.15, 0.2) is 0 Å². The number of amides is 1. The van der Waals surface area contributed by atoms with E-state index >= 15 is 0 Å². The summed E-state index contributed by atoms with van der Waals surface area (Å²) in [4.78, 5) is 20.0. The van der Waals surface area contributed by atoms with Crippen LogP contribution in [0.3, 0.4) is 0 Å². The first-order valence-corrected chi connectivity index (χ1v) is 9.74. The number of fused-ring (bicyclic) bond motifs is 2. The number of anilines is 1. The van der Waals surface area contributed by atoms with Crippen molar-refractivity contribution in [1.29, 1.82) is 0 Å². The third kappa shape index (κ3) is 3.01. The van der Waals surface area contributed by atoms with Crippen molar-refractivity contribution in [3.63, 3.8) is 0 Å². The highest BCUT2D eigenvalue weighted by Crippen LogP contribution is 2.33. The summed E-state index contributed by atoms with van der Waals surface area (Å²) < 4.78 is 0. The lowest BCUT2D eigenvalue weighted by molar-refractivity contribution is -0.112. The van der Waals surface area contributed by atoms with Crippen LogP contribution in [0.15, 0.2) is 96.0 Å². The maximum Gasteiger partial charge on any atom is 0.277 e. The summed E-state index contributed by atoms with van der Waals surface area (Å²) in [5.74, 6) is -0.0533. The molecule has 1 heterocycles.